The Hall–Kier alpha value is -4.16. The van der Waals surface area contributed by atoms with Crippen LogP contribution < -0.4 is 15.1 Å². The van der Waals surface area contributed by atoms with Crippen LogP contribution >= 0.6 is 55.1 Å². The highest BCUT2D eigenvalue weighted by molar-refractivity contribution is 9.10. The fourth-order valence-electron chi connectivity index (χ4n) is 8.79. The monoisotopic (exact) mass is 863 g/mol. The van der Waals surface area contributed by atoms with Crippen LogP contribution in [0, 0.1) is 23.7 Å². The van der Waals surface area contributed by atoms with E-state index in [0.717, 1.165) is 9.48 Å². The first kappa shape index (κ1) is 34.9. The number of rotatable bonds is 6. The van der Waals surface area contributed by atoms with Gasteiger partial charge in [0.05, 0.1) is 46.7 Å². The summed E-state index contributed by atoms with van der Waals surface area (Å²) < 4.78 is 6.91. The lowest BCUT2D eigenvalue weighted by Crippen LogP contribution is -2.53. The highest BCUT2D eigenvalue weighted by atomic mass is 79.9. The topological polar surface area (TPSA) is 116 Å². The Balaban J connectivity index is 1.34. The van der Waals surface area contributed by atoms with Gasteiger partial charge in [0.15, 0.2) is 0 Å². The molecule has 2 saturated heterocycles. The standard InChI is InChI=1S/C39H29Br2Cl2N3O6/c1-52-24-10-2-19(3-11-24)39-29(36(49)46(38(39)51)44-31-14-7-22(42)17-30(31)43)18-27-25(34(39)28-16-21(41)6-15-32(28)47)12-13-26-33(27)37(50)45(35(26)48)23-8-4-20(40)5-9-23/h2-12,14-17,26-27,29,33-34,44,47H,13,18H2,1H3. The summed E-state index contributed by atoms with van der Waals surface area (Å²) in [7, 11) is 1.54. The zero-order valence-electron chi connectivity index (χ0n) is 27.4. The summed E-state index contributed by atoms with van der Waals surface area (Å²) in [5.74, 6) is -5.30. The number of aromatic hydroxyl groups is 1. The summed E-state index contributed by atoms with van der Waals surface area (Å²) in [6.07, 6.45) is 2.28. The number of phenols is 1. The molecule has 0 bridgehead atoms. The Bertz CT molecular complexity index is 2210. The van der Waals surface area contributed by atoms with Gasteiger partial charge in [-0.3, -0.25) is 29.5 Å². The normalized spacial score (nSPS) is 26.6. The Morgan fingerprint density at radius 1 is 0.846 bits per heavy atom. The van der Waals surface area contributed by atoms with E-state index in [4.69, 9.17) is 27.9 Å². The molecule has 264 valence electrons. The van der Waals surface area contributed by atoms with Crippen LogP contribution in [0.25, 0.3) is 0 Å². The van der Waals surface area contributed by atoms with Crippen LogP contribution in [0.1, 0.15) is 29.9 Å². The molecule has 13 heteroatoms. The second kappa shape index (κ2) is 13.1. The first-order valence-electron chi connectivity index (χ1n) is 16.5. The number of hydrazine groups is 1. The SMILES string of the molecule is COc1ccc(C23C(=O)N(Nc4ccc(Cl)cc4Cl)C(=O)C2CC2C(=CCC4C(=O)N(c5ccc(Br)cc5)C(=O)C42)C3c2cc(Br)ccc2O)cc1. The van der Waals surface area contributed by atoms with Crippen molar-refractivity contribution in [2.75, 3.05) is 17.4 Å². The number of anilines is 2. The number of phenolic OH excluding ortho intramolecular Hbond substituents is 1. The molecule has 4 amide bonds. The predicted octanol–water partition coefficient (Wildman–Crippen LogP) is 8.42. The number of hydrogen-bond donors (Lipinski definition) is 2. The Kier molecular flexibility index (Phi) is 8.76. The summed E-state index contributed by atoms with van der Waals surface area (Å²) in [6, 6.07) is 23.6. The van der Waals surface area contributed by atoms with E-state index in [1.54, 1.807) is 72.8 Å². The molecule has 8 rings (SSSR count). The fourth-order valence-corrected chi connectivity index (χ4v) is 9.88. The number of carbonyl (C=O) groups excluding carboxylic acids is 4. The van der Waals surface area contributed by atoms with E-state index < -0.39 is 46.8 Å². The number of fused-ring (bicyclic) bond motifs is 4. The molecular formula is C39H29Br2Cl2N3O6. The van der Waals surface area contributed by atoms with E-state index in [0.29, 0.717) is 37.6 Å². The molecule has 2 heterocycles. The molecule has 2 N–H and O–H groups in total. The largest absolute Gasteiger partial charge is 0.508 e. The highest BCUT2D eigenvalue weighted by Crippen LogP contribution is 2.65. The molecule has 6 atom stereocenters. The van der Waals surface area contributed by atoms with E-state index in [1.807, 2.05) is 6.08 Å². The average Bonchev–Trinajstić information content (AvgIpc) is 3.51. The number of imide groups is 2. The third-order valence-corrected chi connectivity index (χ3v) is 12.5. The van der Waals surface area contributed by atoms with Gasteiger partial charge in [-0.05, 0) is 97.1 Å². The van der Waals surface area contributed by atoms with Crippen molar-refractivity contribution < 1.29 is 29.0 Å². The van der Waals surface area contributed by atoms with Gasteiger partial charge in [0.2, 0.25) is 11.8 Å². The molecule has 6 unspecified atom stereocenters. The van der Waals surface area contributed by atoms with Gasteiger partial charge >= 0.3 is 0 Å². The zero-order valence-corrected chi connectivity index (χ0v) is 32.0. The average molecular weight is 866 g/mol. The maximum atomic E-state index is 15.4. The van der Waals surface area contributed by atoms with Crippen LogP contribution in [-0.2, 0) is 24.6 Å². The third kappa shape index (κ3) is 5.22. The second-order valence-electron chi connectivity index (χ2n) is 13.4. The van der Waals surface area contributed by atoms with Crippen molar-refractivity contribution in [1.82, 2.24) is 5.01 Å². The van der Waals surface area contributed by atoms with Crippen LogP contribution in [0.15, 0.2) is 106 Å². The molecule has 3 fully saturated rings. The van der Waals surface area contributed by atoms with Crippen molar-refractivity contribution in [3.8, 4) is 11.5 Å². The summed E-state index contributed by atoms with van der Waals surface area (Å²) >= 11 is 19.7. The van der Waals surface area contributed by atoms with Crippen LogP contribution in [-0.4, -0.2) is 40.9 Å². The van der Waals surface area contributed by atoms with Crippen LogP contribution in [0.2, 0.25) is 10.0 Å². The molecule has 0 aromatic heterocycles. The van der Waals surface area contributed by atoms with Gasteiger partial charge in [0.1, 0.15) is 11.5 Å². The molecule has 4 aromatic carbocycles. The van der Waals surface area contributed by atoms with E-state index in [9.17, 15) is 19.5 Å². The number of hydrogen-bond acceptors (Lipinski definition) is 7. The minimum atomic E-state index is -1.60. The van der Waals surface area contributed by atoms with E-state index >= 15 is 4.79 Å². The lowest BCUT2D eigenvalue weighted by atomic mass is 9.49. The van der Waals surface area contributed by atoms with Crippen molar-refractivity contribution in [2.45, 2.75) is 24.2 Å². The highest BCUT2D eigenvalue weighted by Gasteiger charge is 2.70. The lowest BCUT2D eigenvalue weighted by molar-refractivity contribution is -0.138. The number of methoxy groups -OCH3 is 1. The second-order valence-corrected chi connectivity index (χ2v) is 16.1. The number of ether oxygens (including phenoxy) is 1. The minimum absolute atomic E-state index is 0.0822. The molecule has 0 radical (unpaired) electrons. The molecule has 2 aliphatic carbocycles. The van der Waals surface area contributed by atoms with Crippen LogP contribution in [0.4, 0.5) is 11.4 Å². The summed E-state index contributed by atoms with van der Waals surface area (Å²) in [4.78, 5) is 60.0. The van der Waals surface area contributed by atoms with Gasteiger partial charge in [0, 0.05) is 25.4 Å². The van der Waals surface area contributed by atoms with Gasteiger partial charge in [0.25, 0.3) is 11.8 Å². The fraction of sp³-hybridized carbons (Fsp3) is 0.231. The van der Waals surface area contributed by atoms with Crippen molar-refractivity contribution in [1.29, 1.82) is 0 Å². The number of halogens is 4. The number of amides is 4. The number of nitrogens with one attached hydrogen (secondary N) is 1. The van der Waals surface area contributed by atoms with E-state index in [2.05, 4.69) is 37.3 Å². The third-order valence-electron chi connectivity index (χ3n) is 11.0. The number of nitrogens with zero attached hydrogens (tertiary/aromatic N) is 2. The van der Waals surface area contributed by atoms with Gasteiger partial charge in [-0.25, -0.2) is 0 Å². The molecule has 0 spiro atoms. The molecule has 1 saturated carbocycles. The number of allylic oxidation sites excluding steroid dienone is 2. The van der Waals surface area contributed by atoms with E-state index in [-0.39, 0.29) is 41.1 Å². The summed E-state index contributed by atoms with van der Waals surface area (Å²) in [6.45, 7) is 0. The molecule has 2 aliphatic heterocycles. The van der Waals surface area contributed by atoms with Gasteiger partial charge in [-0.1, -0.05) is 78.8 Å². The first-order chi connectivity index (χ1) is 24.9. The smallest absolute Gasteiger partial charge is 0.260 e. The van der Waals surface area contributed by atoms with Crippen molar-refractivity contribution in [3.05, 3.63) is 127 Å². The van der Waals surface area contributed by atoms with Gasteiger partial charge < -0.3 is 9.84 Å². The quantitative estimate of drug-likeness (QED) is 0.148. The molecule has 9 nitrogen and oxygen atoms in total. The first-order valence-corrected chi connectivity index (χ1v) is 18.9. The van der Waals surface area contributed by atoms with Crippen LogP contribution in [0.5, 0.6) is 11.5 Å². The Morgan fingerprint density at radius 2 is 1.56 bits per heavy atom. The van der Waals surface area contributed by atoms with Gasteiger partial charge in [-0.2, -0.15) is 5.01 Å². The van der Waals surface area contributed by atoms with Gasteiger partial charge in [-0.15, -0.1) is 0 Å². The van der Waals surface area contributed by atoms with E-state index in [1.165, 1.54) is 24.1 Å². The summed E-state index contributed by atoms with van der Waals surface area (Å²) in [5.41, 5.74) is 3.77. The molecule has 4 aliphatic rings. The van der Waals surface area contributed by atoms with Crippen molar-refractivity contribution >= 4 is 90.1 Å². The lowest BCUT2D eigenvalue weighted by Gasteiger charge is -2.50. The Morgan fingerprint density at radius 3 is 2.25 bits per heavy atom. The number of carbonyl (C=O) groups is 4. The zero-order chi connectivity index (χ0) is 36.6. The molecular weight excluding hydrogens is 837 g/mol. The minimum Gasteiger partial charge on any atom is -0.508 e. The molecule has 52 heavy (non-hydrogen) atoms. The van der Waals surface area contributed by atoms with Crippen molar-refractivity contribution in [2.24, 2.45) is 23.7 Å². The summed E-state index contributed by atoms with van der Waals surface area (Å²) in [5, 5.41) is 13.2. The molecule has 4 aromatic rings. The van der Waals surface area contributed by atoms with Crippen LogP contribution in [0.3, 0.4) is 0 Å². The maximum Gasteiger partial charge on any atom is 0.260 e. The maximum absolute atomic E-state index is 15.4. The Labute approximate surface area is 325 Å². The number of benzene rings is 4. The predicted molar refractivity (Wildman–Crippen MR) is 203 cm³/mol. The van der Waals surface area contributed by atoms with Crippen molar-refractivity contribution in [3.63, 3.8) is 0 Å².